The van der Waals surface area contributed by atoms with Crippen molar-refractivity contribution in [2.45, 2.75) is 18.4 Å². The summed E-state index contributed by atoms with van der Waals surface area (Å²) in [6.45, 7) is 2.55. The number of anilines is 1. The van der Waals surface area contributed by atoms with E-state index in [1.165, 1.54) is 37.7 Å². The lowest BCUT2D eigenvalue weighted by Crippen LogP contribution is -2.30. The fraction of sp³-hybridized carbons (Fsp3) is 0.172. The highest BCUT2D eigenvalue weighted by Gasteiger charge is 2.24. The van der Waals surface area contributed by atoms with Gasteiger partial charge in [0.1, 0.15) is 46.1 Å². The Hall–Kier alpha value is -5.00. The van der Waals surface area contributed by atoms with Crippen LogP contribution in [0.2, 0.25) is 0 Å². The van der Waals surface area contributed by atoms with Gasteiger partial charge in [0, 0.05) is 30.6 Å². The lowest BCUT2D eigenvalue weighted by molar-refractivity contribution is 0.0982. The fourth-order valence-electron chi connectivity index (χ4n) is 4.45. The van der Waals surface area contributed by atoms with Crippen LogP contribution in [0.4, 0.5) is 10.2 Å². The molecule has 3 aromatic heterocycles. The first kappa shape index (κ1) is 29.5. The average molecular weight is 621 g/mol. The molecule has 5 aromatic rings. The van der Waals surface area contributed by atoms with E-state index in [-0.39, 0.29) is 39.9 Å². The van der Waals surface area contributed by atoms with Crippen molar-refractivity contribution < 1.29 is 27.1 Å². The molecule has 43 heavy (non-hydrogen) atoms. The molecule has 5 rings (SSSR count). The van der Waals surface area contributed by atoms with Crippen molar-refractivity contribution in [2.24, 2.45) is 0 Å². The van der Waals surface area contributed by atoms with Gasteiger partial charge in [0.05, 0.1) is 34.7 Å². The maximum atomic E-state index is 14.7. The van der Waals surface area contributed by atoms with Gasteiger partial charge in [-0.2, -0.15) is 5.26 Å². The first-order valence-electron chi connectivity index (χ1n) is 13.0. The summed E-state index contributed by atoms with van der Waals surface area (Å²) < 4.78 is 54.8. The van der Waals surface area contributed by atoms with Gasteiger partial charge in [0.25, 0.3) is 15.9 Å². The Morgan fingerprint density at radius 1 is 1.12 bits per heavy atom. The maximum Gasteiger partial charge on any atom is 0.278 e. The Labute approximate surface area is 250 Å². The van der Waals surface area contributed by atoms with Crippen LogP contribution < -0.4 is 19.5 Å². The van der Waals surface area contributed by atoms with Crippen LogP contribution in [0.5, 0.6) is 11.5 Å². The number of amides is 1. The third-order valence-corrected chi connectivity index (χ3v) is 8.83. The number of carbonyl (C=O) groups is 1. The molecule has 3 heterocycles. The van der Waals surface area contributed by atoms with Gasteiger partial charge in [-0.05, 0) is 37.3 Å². The molecule has 0 aliphatic rings. The number of nitriles is 1. The van der Waals surface area contributed by atoms with E-state index in [0.29, 0.717) is 34.1 Å². The van der Waals surface area contributed by atoms with Crippen molar-refractivity contribution in [3.05, 3.63) is 83.4 Å². The number of nitrogens with zero attached hydrogens (tertiary/aromatic N) is 4. The molecule has 220 valence electrons. The molecule has 0 unspecified atom stereocenters. The molecule has 14 heteroatoms. The minimum absolute atomic E-state index is 0.0405. The molecule has 0 bridgehead atoms. The monoisotopic (exact) mass is 620 g/mol. The van der Waals surface area contributed by atoms with Crippen molar-refractivity contribution in [2.75, 3.05) is 25.6 Å². The van der Waals surface area contributed by atoms with Crippen LogP contribution in [0, 0.1) is 17.1 Å². The smallest absolute Gasteiger partial charge is 0.278 e. The molecule has 1 amide bonds. The fourth-order valence-corrected chi connectivity index (χ4v) is 6.46. The molecular weight excluding hydrogens is 595 g/mol. The van der Waals surface area contributed by atoms with E-state index >= 15 is 0 Å². The maximum absolute atomic E-state index is 14.7. The number of benzene rings is 2. The molecule has 0 saturated carbocycles. The second-order valence-corrected chi connectivity index (χ2v) is 11.7. The largest absolute Gasteiger partial charge is 0.496 e. The third-order valence-electron chi connectivity index (χ3n) is 6.35. The number of aromatic nitrogens is 3. The molecule has 0 spiro atoms. The van der Waals surface area contributed by atoms with Gasteiger partial charge in [-0.15, -0.1) is 11.3 Å². The number of hydrogen-bond donors (Lipinski definition) is 2. The van der Waals surface area contributed by atoms with Crippen LogP contribution in [-0.2, 0) is 16.6 Å². The Morgan fingerprint density at radius 2 is 1.91 bits per heavy atom. The Kier molecular flexibility index (Phi) is 8.56. The zero-order valence-electron chi connectivity index (χ0n) is 23.0. The molecule has 0 aliphatic carbocycles. The average Bonchev–Trinajstić information content (AvgIpc) is 3.61. The summed E-state index contributed by atoms with van der Waals surface area (Å²) in [7, 11) is -2.61. The molecule has 0 fully saturated rings. The molecule has 0 saturated heterocycles. The van der Waals surface area contributed by atoms with E-state index < -0.39 is 21.7 Å². The van der Waals surface area contributed by atoms with Crippen molar-refractivity contribution >= 4 is 44.0 Å². The second-order valence-electron chi connectivity index (χ2n) is 9.00. The predicted molar refractivity (Wildman–Crippen MR) is 159 cm³/mol. The van der Waals surface area contributed by atoms with E-state index in [1.807, 2.05) is 0 Å². The zero-order valence-corrected chi connectivity index (χ0v) is 24.6. The van der Waals surface area contributed by atoms with Crippen LogP contribution in [-0.4, -0.2) is 49.1 Å². The highest BCUT2D eigenvalue weighted by atomic mass is 32.2. The van der Waals surface area contributed by atoms with Gasteiger partial charge >= 0.3 is 0 Å². The van der Waals surface area contributed by atoms with Crippen LogP contribution in [0.1, 0.15) is 22.3 Å². The summed E-state index contributed by atoms with van der Waals surface area (Å²) >= 11 is 1.03. The summed E-state index contributed by atoms with van der Waals surface area (Å²) in [5.74, 6) is -0.166. The minimum Gasteiger partial charge on any atom is -0.496 e. The summed E-state index contributed by atoms with van der Waals surface area (Å²) in [6.07, 6.45) is 1.34. The van der Waals surface area contributed by atoms with Crippen LogP contribution in [0.25, 0.3) is 21.5 Å². The Bertz CT molecular complexity index is 1950. The van der Waals surface area contributed by atoms with Gasteiger partial charge in [-0.1, -0.05) is 18.2 Å². The summed E-state index contributed by atoms with van der Waals surface area (Å²) in [4.78, 5) is 22.2. The summed E-state index contributed by atoms with van der Waals surface area (Å²) in [5.41, 5.74) is 1.02. The lowest BCUT2D eigenvalue weighted by Gasteiger charge is -2.11. The van der Waals surface area contributed by atoms with Crippen molar-refractivity contribution in [3.8, 4) is 28.1 Å². The van der Waals surface area contributed by atoms with E-state index in [4.69, 9.17) is 9.47 Å². The number of nitrogens with one attached hydrogen (secondary N) is 2. The Balaban J connectivity index is 1.35. The number of hydrogen-bond acceptors (Lipinski definition) is 10. The number of fused-ring (bicyclic) bond motifs is 1. The number of carbonyl (C=O) groups excluding carboxylic acids is 1. The molecule has 0 radical (unpaired) electrons. The SMILES string of the molecule is CCOc1cc(-c2cc(NCCn3c(C#N)cc4c(OC)ccc(F)c43)ncn2)sc1C(=O)NS(=O)(=O)c1ccccc1. The van der Waals surface area contributed by atoms with E-state index in [0.717, 1.165) is 11.3 Å². The molecule has 0 atom stereocenters. The number of thiophene rings is 1. The van der Waals surface area contributed by atoms with Gasteiger partial charge in [-0.3, -0.25) is 4.79 Å². The second kappa shape index (κ2) is 12.5. The number of halogens is 1. The quantitative estimate of drug-likeness (QED) is 0.212. The lowest BCUT2D eigenvalue weighted by atomic mass is 10.2. The van der Waals surface area contributed by atoms with Crippen LogP contribution in [0.15, 0.2) is 71.9 Å². The first-order chi connectivity index (χ1) is 20.7. The minimum atomic E-state index is -4.09. The van der Waals surface area contributed by atoms with E-state index in [9.17, 15) is 22.9 Å². The van der Waals surface area contributed by atoms with Crippen LogP contribution >= 0.6 is 11.3 Å². The number of sulfonamides is 1. The summed E-state index contributed by atoms with van der Waals surface area (Å²) in [5, 5.41) is 13.3. The Morgan fingerprint density at radius 3 is 2.63 bits per heavy atom. The number of rotatable bonds is 11. The predicted octanol–water partition coefficient (Wildman–Crippen LogP) is 4.81. The highest BCUT2D eigenvalue weighted by Crippen LogP contribution is 2.36. The molecule has 11 nitrogen and oxygen atoms in total. The van der Waals surface area contributed by atoms with E-state index in [2.05, 4.69) is 26.1 Å². The summed E-state index contributed by atoms with van der Waals surface area (Å²) in [6, 6.07) is 17.4. The first-order valence-corrected chi connectivity index (χ1v) is 15.3. The van der Waals surface area contributed by atoms with Gasteiger partial charge < -0.3 is 19.4 Å². The number of methoxy groups -OCH3 is 1. The van der Waals surface area contributed by atoms with Gasteiger partial charge in [0.15, 0.2) is 0 Å². The molecular formula is C29H25FN6O5S2. The molecule has 2 aromatic carbocycles. The van der Waals surface area contributed by atoms with E-state index in [1.54, 1.807) is 47.9 Å². The zero-order chi connectivity index (χ0) is 30.6. The molecule has 0 aliphatic heterocycles. The standard InChI is InChI=1S/C29H25FN6O5S2/c1-3-41-24-15-25(42-28(24)29(37)35-43(38,39)19-7-5-4-6-8-19)22-14-26(34-17-33-22)32-11-12-36-18(16-31)13-20-23(40-2)10-9-21(30)27(20)36/h4-10,13-15,17H,3,11-12H2,1-2H3,(H,35,37)(H,32,33,34). The number of ether oxygens (including phenoxy) is 2. The van der Waals surface area contributed by atoms with Gasteiger partial charge in [0.2, 0.25) is 0 Å². The molecule has 2 N–H and O–H groups in total. The van der Waals surface area contributed by atoms with Crippen molar-refractivity contribution in [3.63, 3.8) is 0 Å². The topological polar surface area (TPSA) is 148 Å². The third kappa shape index (κ3) is 6.13. The van der Waals surface area contributed by atoms with Gasteiger partial charge in [-0.25, -0.2) is 27.5 Å². The van der Waals surface area contributed by atoms with Crippen molar-refractivity contribution in [1.29, 1.82) is 5.26 Å². The van der Waals surface area contributed by atoms with Crippen molar-refractivity contribution in [1.82, 2.24) is 19.3 Å². The normalized spacial score (nSPS) is 11.2. The highest BCUT2D eigenvalue weighted by molar-refractivity contribution is 7.90. The van der Waals surface area contributed by atoms with Crippen LogP contribution in [0.3, 0.4) is 0 Å².